The lowest BCUT2D eigenvalue weighted by atomic mass is 9.87. The molecule has 0 fully saturated rings. The van der Waals surface area contributed by atoms with Crippen LogP contribution in [-0.4, -0.2) is 12.0 Å². The van der Waals surface area contributed by atoms with Gasteiger partial charge in [-0.1, -0.05) is 24.6 Å². The number of rotatable bonds is 0. The van der Waals surface area contributed by atoms with Crippen molar-refractivity contribution in [1.29, 1.82) is 0 Å². The molecule has 1 nitrogen and oxygen atoms in total. The van der Waals surface area contributed by atoms with E-state index in [9.17, 15) is 8.78 Å². The number of ether oxygens (including phenoxy) is 1. The van der Waals surface area contributed by atoms with E-state index in [0.29, 0.717) is 11.3 Å². The van der Waals surface area contributed by atoms with Crippen LogP contribution in [0.15, 0.2) is 18.2 Å². The highest BCUT2D eigenvalue weighted by Crippen LogP contribution is 2.45. The summed E-state index contributed by atoms with van der Waals surface area (Å²) in [6, 6.07) is 5.43. The lowest BCUT2D eigenvalue weighted by Crippen LogP contribution is -2.43. The van der Waals surface area contributed by atoms with Crippen LogP contribution in [0.5, 0.6) is 5.75 Å². The van der Waals surface area contributed by atoms with Crippen LogP contribution < -0.4 is 4.74 Å². The summed E-state index contributed by atoms with van der Waals surface area (Å²) in [6.45, 7) is 4.86. The Morgan fingerprint density at radius 1 is 1.27 bits per heavy atom. The number of alkyl halides is 2. The minimum Gasteiger partial charge on any atom is -0.484 e. The SMILES string of the molecule is Cc1ccc2c(c1)C(C)C(F)(F)C(C)O2. The number of fused-ring (bicyclic) bond motifs is 1. The smallest absolute Gasteiger partial charge is 0.290 e. The van der Waals surface area contributed by atoms with Crippen molar-refractivity contribution in [3.05, 3.63) is 29.3 Å². The fraction of sp³-hybridized carbons (Fsp3) is 0.500. The molecular weight excluding hydrogens is 198 g/mol. The van der Waals surface area contributed by atoms with Crippen LogP contribution in [0.3, 0.4) is 0 Å². The first-order valence-corrected chi connectivity index (χ1v) is 5.08. The molecule has 15 heavy (non-hydrogen) atoms. The third-order valence-electron chi connectivity index (χ3n) is 3.05. The second-order valence-corrected chi connectivity index (χ2v) is 4.20. The number of hydrogen-bond donors (Lipinski definition) is 0. The Morgan fingerprint density at radius 2 is 1.93 bits per heavy atom. The van der Waals surface area contributed by atoms with Crippen molar-refractivity contribution in [1.82, 2.24) is 0 Å². The van der Waals surface area contributed by atoms with Crippen LogP contribution in [-0.2, 0) is 0 Å². The first kappa shape index (κ1) is 10.4. The largest absolute Gasteiger partial charge is 0.484 e. The van der Waals surface area contributed by atoms with Crippen molar-refractivity contribution in [3.63, 3.8) is 0 Å². The van der Waals surface area contributed by atoms with Gasteiger partial charge in [0, 0.05) is 5.56 Å². The lowest BCUT2D eigenvalue weighted by molar-refractivity contribution is -0.117. The molecule has 0 bridgehead atoms. The average Bonchev–Trinajstić information content (AvgIpc) is 2.17. The summed E-state index contributed by atoms with van der Waals surface area (Å²) in [5, 5.41) is 0. The van der Waals surface area contributed by atoms with Gasteiger partial charge in [0.2, 0.25) is 0 Å². The average molecular weight is 212 g/mol. The van der Waals surface area contributed by atoms with Crippen LogP contribution >= 0.6 is 0 Å². The monoisotopic (exact) mass is 212 g/mol. The van der Waals surface area contributed by atoms with Crippen molar-refractivity contribution >= 4 is 0 Å². The maximum Gasteiger partial charge on any atom is 0.290 e. The zero-order valence-electron chi connectivity index (χ0n) is 9.05. The van der Waals surface area contributed by atoms with E-state index in [1.807, 2.05) is 13.0 Å². The van der Waals surface area contributed by atoms with Gasteiger partial charge in [0.1, 0.15) is 5.75 Å². The maximum absolute atomic E-state index is 13.7. The minimum absolute atomic E-state index is 0.589. The maximum atomic E-state index is 13.7. The fourth-order valence-corrected chi connectivity index (χ4v) is 1.94. The first-order chi connectivity index (χ1) is 6.93. The third-order valence-corrected chi connectivity index (χ3v) is 3.05. The molecule has 2 atom stereocenters. The number of benzene rings is 1. The van der Waals surface area contributed by atoms with Gasteiger partial charge in [0.15, 0.2) is 6.10 Å². The molecule has 1 aromatic rings. The molecule has 3 heteroatoms. The van der Waals surface area contributed by atoms with E-state index in [2.05, 4.69) is 0 Å². The van der Waals surface area contributed by atoms with Crippen molar-refractivity contribution in [2.45, 2.75) is 38.7 Å². The fourth-order valence-electron chi connectivity index (χ4n) is 1.94. The molecule has 0 N–H and O–H groups in total. The van der Waals surface area contributed by atoms with Crippen molar-refractivity contribution < 1.29 is 13.5 Å². The van der Waals surface area contributed by atoms with Crippen LogP contribution in [0.2, 0.25) is 0 Å². The summed E-state index contributed by atoms with van der Waals surface area (Å²) in [6.07, 6.45) is -1.05. The van der Waals surface area contributed by atoms with Gasteiger partial charge in [0.25, 0.3) is 5.92 Å². The van der Waals surface area contributed by atoms with Crippen molar-refractivity contribution in [2.24, 2.45) is 0 Å². The van der Waals surface area contributed by atoms with Crippen molar-refractivity contribution in [2.75, 3.05) is 0 Å². The molecule has 1 heterocycles. The highest BCUT2D eigenvalue weighted by Gasteiger charge is 2.48. The van der Waals surface area contributed by atoms with E-state index in [1.165, 1.54) is 6.92 Å². The highest BCUT2D eigenvalue weighted by molar-refractivity contribution is 5.42. The zero-order chi connectivity index (χ0) is 11.2. The van der Waals surface area contributed by atoms with E-state index < -0.39 is 17.9 Å². The first-order valence-electron chi connectivity index (χ1n) is 5.08. The van der Waals surface area contributed by atoms with Gasteiger partial charge in [-0.05, 0) is 19.9 Å². The van der Waals surface area contributed by atoms with Crippen LogP contribution in [0.1, 0.15) is 30.9 Å². The van der Waals surface area contributed by atoms with E-state index in [-0.39, 0.29) is 0 Å². The topological polar surface area (TPSA) is 9.23 Å². The van der Waals surface area contributed by atoms with E-state index >= 15 is 0 Å². The molecule has 0 aliphatic carbocycles. The summed E-state index contributed by atoms with van der Waals surface area (Å²) >= 11 is 0. The quantitative estimate of drug-likeness (QED) is 0.639. The molecular formula is C12H14F2O. The number of aryl methyl sites for hydroxylation is 1. The number of halogens is 2. The van der Waals surface area contributed by atoms with Gasteiger partial charge in [-0.15, -0.1) is 0 Å². The molecule has 2 rings (SSSR count). The Bertz CT molecular complexity index is 387. The summed E-state index contributed by atoms with van der Waals surface area (Å²) < 4.78 is 32.6. The molecule has 1 aliphatic heterocycles. The van der Waals surface area contributed by atoms with E-state index in [4.69, 9.17) is 4.74 Å². The predicted molar refractivity (Wildman–Crippen MR) is 54.6 cm³/mol. The van der Waals surface area contributed by atoms with Gasteiger partial charge >= 0.3 is 0 Å². The molecule has 82 valence electrons. The molecule has 1 aliphatic rings. The second-order valence-electron chi connectivity index (χ2n) is 4.20. The lowest BCUT2D eigenvalue weighted by Gasteiger charge is -2.36. The molecule has 0 aromatic heterocycles. The van der Waals surface area contributed by atoms with Gasteiger partial charge in [-0.2, -0.15) is 0 Å². The van der Waals surface area contributed by atoms with Gasteiger partial charge < -0.3 is 4.74 Å². The predicted octanol–water partition coefficient (Wildman–Crippen LogP) is 3.51. The Kier molecular flexibility index (Phi) is 2.21. The molecule has 0 radical (unpaired) electrons. The molecule has 1 aromatic carbocycles. The second kappa shape index (κ2) is 3.19. The molecule has 0 spiro atoms. The van der Waals surface area contributed by atoms with Crippen molar-refractivity contribution in [3.8, 4) is 5.75 Å². The molecule has 0 amide bonds. The van der Waals surface area contributed by atoms with E-state index in [1.54, 1.807) is 19.1 Å². The standard InChI is InChI=1S/C12H14F2O/c1-7-4-5-11-10(6-7)8(2)12(13,14)9(3)15-11/h4-6,8-9H,1-3H3. The Hall–Kier alpha value is -1.12. The molecule has 0 saturated heterocycles. The summed E-state index contributed by atoms with van der Waals surface area (Å²) in [5.41, 5.74) is 1.59. The third kappa shape index (κ3) is 1.50. The Morgan fingerprint density at radius 3 is 2.60 bits per heavy atom. The van der Waals surface area contributed by atoms with Gasteiger partial charge in [-0.3, -0.25) is 0 Å². The Labute approximate surface area is 88.1 Å². The zero-order valence-corrected chi connectivity index (χ0v) is 9.05. The molecule has 2 unspecified atom stereocenters. The summed E-state index contributed by atoms with van der Waals surface area (Å²) in [7, 11) is 0. The van der Waals surface area contributed by atoms with Gasteiger partial charge in [0.05, 0.1) is 5.92 Å². The van der Waals surface area contributed by atoms with E-state index in [0.717, 1.165) is 5.56 Å². The normalized spacial score (nSPS) is 28.1. The van der Waals surface area contributed by atoms with Gasteiger partial charge in [-0.25, -0.2) is 8.78 Å². The number of hydrogen-bond acceptors (Lipinski definition) is 1. The minimum atomic E-state index is -2.79. The Balaban J connectivity index is 2.52. The summed E-state index contributed by atoms with van der Waals surface area (Å²) in [4.78, 5) is 0. The highest BCUT2D eigenvalue weighted by atomic mass is 19.3. The van der Waals surface area contributed by atoms with Crippen LogP contribution in [0.4, 0.5) is 8.78 Å². The summed E-state index contributed by atoms with van der Waals surface area (Å²) in [5.74, 6) is -2.98. The molecule has 0 saturated carbocycles. The van der Waals surface area contributed by atoms with Crippen LogP contribution in [0.25, 0.3) is 0 Å². The van der Waals surface area contributed by atoms with Crippen LogP contribution in [0, 0.1) is 6.92 Å².